The monoisotopic (exact) mass is 346 g/mol. The molecule has 0 aliphatic carbocycles. The number of carbonyl (C=O) groups excluding carboxylic acids is 1. The summed E-state index contributed by atoms with van der Waals surface area (Å²) in [6.45, 7) is 6.50. The Balaban J connectivity index is 1.73. The number of carbonyl (C=O) groups is 1. The van der Waals surface area contributed by atoms with Crippen LogP contribution in [0.5, 0.6) is 0 Å². The Hall–Kier alpha value is -3.21. The third kappa shape index (κ3) is 4.45. The quantitative estimate of drug-likeness (QED) is 0.724. The molecule has 0 fully saturated rings. The Kier molecular flexibility index (Phi) is 5.27. The van der Waals surface area contributed by atoms with Gasteiger partial charge in [-0.1, -0.05) is 42.0 Å². The molecule has 3 rings (SSSR count). The van der Waals surface area contributed by atoms with Crippen molar-refractivity contribution in [1.82, 2.24) is 9.97 Å². The molecule has 0 radical (unpaired) electrons. The van der Waals surface area contributed by atoms with E-state index in [9.17, 15) is 4.79 Å². The molecule has 1 heterocycles. The maximum Gasteiger partial charge on any atom is 0.274 e. The standard InChI is InChI=1S/C21H22N4O/c1-14-8-10-18(11-9-14)25-21(26)19-12-20(24-16(3)23-19)22-13-17-7-5-4-6-15(17)2/h4-12H,13H2,1-3H3,(H,25,26)(H,22,23,24). The SMILES string of the molecule is Cc1ccc(NC(=O)c2cc(NCc3ccccc3C)nc(C)n2)cc1. The molecule has 5 heteroatoms. The molecule has 0 saturated heterocycles. The first-order valence-electron chi connectivity index (χ1n) is 8.53. The molecule has 0 aliphatic rings. The molecule has 5 nitrogen and oxygen atoms in total. The first-order valence-corrected chi connectivity index (χ1v) is 8.53. The van der Waals surface area contributed by atoms with Crippen molar-refractivity contribution in [2.24, 2.45) is 0 Å². The zero-order valence-electron chi connectivity index (χ0n) is 15.2. The summed E-state index contributed by atoms with van der Waals surface area (Å²) >= 11 is 0. The third-order valence-corrected chi connectivity index (χ3v) is 4.10. The molecule has 0 spiro atoms. The van der Waals surface area contributed by atoms with Crippen LogP contribution in [-0.2, 0) is 6.54 Å². The van der Waals surface area contributed by atoms with Gasteiger partial charge in [0.2, 0.25) is 0 Å². The number of nitrogens with one attached hydrogen (secondary N) is 2. The van der Waals surface area contributed by atoms with Crippen LogP contribution in [0.15, 0.2) is 54.6 Å². The van der Waals surface area contributed by atoms with Gasteiger partial charge in [-0.15, -0.1) is 0 Å². The minimum atomic E-state index is -0.252. The van der Waals surface area contributed by atoms with Crippen LogP contribution in [0.2, 0.25) is 0 Å². The van der Waals surface area contributed by atoms with E-state index in [1.54, 1.807) is 13.0 Å². The summed E-state index contributed by atoms with van der Waals surface area (Å²) in [7, 11) is 0. The Bertz CT molecular complexity index is 920. The zero-order valence-corrected chi connectivity index (χ0v) is 15.2. The number of anilines is 2. The van der Waals surface area contributed by atoms with Crippen LogP contribution in [0.3, 0.4) is 0 Å². The van der Waals surface area contributed by atoms with E-state index in [1.807, 2.05) is 43.3 Å². The summed E-state index contributed by atoms with van der Waals surface area (Å²) in [4.78, 5) is 21.1. The molecule has 132 valence electrons. The maximum absolute atomic E-state index is 12.5. The molecule has 0 saturated carbocycles. The fourth-order valence-electron chi connectivity index (χ4n) is 2.60. The van der Waals surface area contributed by atoms with E-state index < -0.39 is 0 Å². The zero-order chi connectivity index (χ0) is 18.5. The fraction of sp³-hybridized carbons (Fsp3) is 0.190. The molecule has 2 N–H and O–H groups in total. The summed E-state index contributed by atoms with van der Waals surface area (Å²) in [6.07, 6.45) is 0. The van der Waals surface area contributed by atoms with Gasteiger partial charge in [-0.2, -0.15) is 0 Å². The predicted molar refractivity (Wildman–Crippen MR) is 104 cm³/mol. The maximum atomic E-state index is 12.5. The smallest absolute Gasteiger partial charge is 0.274 e. The van der Waals surface area contributed by atoms with Gasteiger partial charge in [-0.3, -0.25) is 4.79 Å². The highest BCUT2D eigenvalue weighted by Gasteiger charge is 2.11. The summed E-state index contributed by atoms with van der Waals surface area (Å²) in [5.41, 5.74) is 4.62. The van der Waals surface area contributed by atoms with Crippen molar-refractivity contribution < 1.29 is 4.79 Å². The van der Waals surface area contributed by atoms with Gasteiger partial charge in [0.25, 0.3) is 5.91 Å². The van der Waals surface area contributed by atoms with Gasteiger partial charge in [-0.05, 0) is 44.0 Å². The molecule has 3 aromatic rings. The van der Waals surface area contributed by atoms with E-state index in [0.717, 1.165) is 11.3 Å². The van der Waals surface area contributed by atoms with Crippen molar-refractivity contribution >= 4 is 17.4 Å². The normalized spacial score (nSPS) is 10.4. The number of hydrogen-bond donors (Lipinski definition) is 2. The minimum absolute atomic E-state index is 0.252. The summed E-state index contributed by atoms with van der Waals surface area (Å²) in [6, 6.07) is 17.5. The second-order valence-corrected chi connectivity index (χ2v) is 6.29. The van der Waals surface area contributed by atoms with Crippen molar-refractivity contribution in [2.45, 2.75) is 27.3 Å². The van der Waals surface area contributed by atoms with Crippen molar-refractivity contribution in [3.8, 4) is 0 Å². The van der Waals surface area contributed by atoms with Gasteiger partial charge in [0.15, 0.2) is 0 Å². The van der Waals surface area contributed by atoms with Crippen molar-refractivity contribution in [3.63, 3.8) is 0 Å². The number of aromatic nitrogens is 2. The van der Waals surface area contributed by atoms with Gasteiger partial charge < -0.3 is 10.6 Å². The van der Waals surface area contributed by atoms with Crippen molar-refractivity contribution in [3.05, 3.63) is 82.8 Å². The lowest BCUT2D eigenvalue weighted by Gasteiger charge is -2.10. The lowest BCUT2D eigenvalue weighted by Crippen LogP contribution is -2.16. The van der Waals surface area contributed by atoms with E-state index in [4.69, 9.17) is 0 Å². The second-order valence-electron chi connectivity index (χ2n) is 6.29. The van der Waals surface area contributed by atoms with Gasteiger partial charge in [0.05, 0.1) is 0 Å². The average molecular weight is 346 g/mol. The lowest BCUT2D eigenvalue weighted by atomic mass is 10.1. The minimum Gasteiger partial charge on any atom is -0.366 e. The number of aryl methyl sites for hydroxylation is 3. The molecular formula is C21H22N4O. The van der Waals surface area contributed by atoms with Gasteiger partial charge >= 0.3 is 0 Å². The van der Waals surface area contributed by atoms with Gasteiger partial charge in [0, 0.05) is 18.3 Å². The highest BCUT2D eigenvalue weighted by Crippen LogP contribution is 2.14. The highest BCUT2D eigenvalue weighted by atomic mass is 16.1. The molecular weight excluding hydrogens is 324 g/mol. The topological polar surface area (TPSA) is 66.9 Å². The summed E-state index contributed by atoms with van der Waals surface area (Å²) in [5.74, 6) is 0.932. The number of nitrogens with zero attached hydrogens (tertiary/aromatic N) is 2. The Labute approximate surface area is 153 Å². The molecule has 26 heavy (non-hydrogen) atoms. The molecule has 1 amide bonds. The average Bonchev–Trinajstić information content (AvgIpc) is 2.62. The summed E-state index contributed by atoms with van der Waals surface area (Å²) < 4.78 is 0. The molecule has 1 aromatic heterocycles. The Morgan fingerprint density at radius 3 is 2.42 bits per heavy atom. The van der Waals surface area contributed by atoms with Crippen molar-refractivity contribution in [2.75, 3.05) is 10.6 Å². The van der Waals surface area contributed by atoms with E-state index >= 15 is 0 Å². The second kappa shape index (κ2) is 7.78. The molecule has 0 aliphatic heterocycles. The predicted octanol–water partition coefficient (Wildman–Crippen LogP) is 4.27. The number of amides is 1. The van der Waals surface area contributed by atoms with E-state index in [0.29, 0.717) is 23.9 Å². The first kappa shape index (κ1) is 17.6. The molecule has 2 aromatic carbocycles. The van der Waals surface area contributed by atoms with E-state index in [2.05, 4.69) is 39.7 Å². The van der Waals surface area contributed by atoms with Gasteiger partial charge in [0.1, 0.15) is 17.3 Å². The number of benzene rings is 2. The van der Waals surface area contributed by atoms with Crippen molar-refractivity contribution in [1.29, 1.82) is 0 Å². The molecule has 0 unspecified atom stereocenters. The van der Waals surface area contributed by atoms with Gasteiger partial charge in [-0.25, -0.2) is 9.97 Å². The molecule has 0 bridgehead atoms. The number of hydrogen-bond acceptors (Lipinski definition) is 4. The third-order valence-electron chi connectivity index (χ3n) is 4.10. The highest BCUT2D eigenvalue weighted by molar-refractivity contribution is 6.03. The Morgan fingerprint density at radius 2 is 1.69 bits per heavy atom. The van der Waals surface area contributed by atoms with E-state index in [1.165, 1.54) is 11.1 Å². The Morgan fingerprint density at radius 1 is 0.962 bits per heavy atom. The van der Waals surface area contributed by atoms with Crippen LogP contribution in [0.4, 0.5) is 11.5 Å². The van der Waals surface area contributed by atoms with Crippen LogP contribution in [0.1, 0.15) is 33.0 Å². The fourth-order valence-corrected chi connectivity index (χ4v) is 2.60. The number of rotatable bonds is 5. The van der Waals surface area contributed by atoms with Crippen LogP contribution < -0.4 is 10.6 Å². The van der Waals surface area contributed by atoms with Crippen LogP contribution in [0.25, 0.3) is 0 Å². The molecule has 0 atom stereocenters. The lowest BCUT2D eigenvalue weighted by molar-refractivity contribution is 0.102. The van der Waals surface area contributed by atoms with Crippen LogP contribution >= 0.6 is 0 Å². The summed E-state index contributed by atoms with van der Waals surface area (Å²) in [5, 5.41) is 6.14. The van der Waals surface area contributed by atoms with E-state index in [-0.39, 0.29) is 5.91 Å². The van der Waals surface area contributed by atoms with Crippen LogP contribution in [-0.4, -0.2) is 15.9 Å². The van der Waals surface area contributed by atoms with Crippen LogP contribution in [0, 0.1) is 20.8 Å². The first-order chi connectivity index (χ1) is 12.5. The largest absolute Gasteiger partial charge is 0.366 e.